The van der Waals surface area contributed by atoms with Crippen molar-refractivity contribution in [2.75, 3.05) is 0 Å². The van der Waals surface area contributed by atoms with E-state index in [9.17, 15) is 4.39 Å². The van der Waals surface area contributed by atoms with Crippen LogP contribution in [-0.4, -0.2) is 23.3 Å². The Morgan fingerprint density at radius 1 is 1.31 bits per heavy atom. The van der Waals surface area contributed by atoms with E-state index in [1.54, 1.807) is 0 Å². The summed E-state index contributed by atoms with van der Waals surface area (Å²) < 4.78 is 47.5. The van der Waals surface area contributed by atoms with Gasteiger partial charge in [-0.2, -0.15) is 0 Å². The molecule has 1 saturated heterocycles. The minimum absolute atomic E-state index is 0.246. The smallest absolute Gasteiger partial charge is 0.398 e. The molecule has 2 rings (SSSR count). The molecule has 1 aliphatic heterocycles. The SMILES string of the molecule is [2H]c1nc(B2OC(C)(C)C(C)(C)O2)c(F)c([2H])c1[2H]. The largest absolute Gasteiger partial charge is 0.517 e. The summed E-state index contributed by atoms with van der Waals surface area (Å²) in [6.45, 7) is 7.25. The maximum Gasteiger partial charge on any atom is 0.517 e. The standard InChI is InChI=1S/C11H15BFNO2/c1-10(2)11(3,4)16-12(15-10)9-8(13)6-5-7-14-9/h5-7H,1-4H3/i5D,6D,7D. The van der Waals surface area contributed by atoms with Crippen molar-refractivity contribution in [3.05, 3.63) is 24.1 Å². The van der Waals surface area contributed by atoms with Gasteiger partial charge in [0.15, 0.2) is 0 Å². The first-order valence-corrected chi connectivity index (χ1v) is 5.05. The Balaban J connectivity index is 2.46. The first-order valence-electron chi connectivity index (χ1n) is 6.55. The Bertz CT molecular complexity index is 523. The second-order valence-electron chi connectivity index (χ2n) is 4.76. The molecule has 0 spiro atoms. The van der Waals surface area contributed by atoms with Gasteiger partial charge in [-0.3, -0.25) is 4.98 Å². The van der Waals surface area contributed by atoms with E-state index in [-0.39, 0.29) is 5.59 Å². The molecular weight excluding hydrogens is 208 g/mol. The van der Waals surface area contributed by atoms with Gasteiger partial charge >= 0.3 is 7.12 Å². The third-order valence-electron chi connectivity index (χ3n) is 3.11. The van der Waals surface area contributed by atoms with Crippen molar-refractivity contribution in [2.24, 2.45) is 0 Å². The summed E-state index contributed by atoms with van der Waals surface area (Å²) in [6, 6.07) is -1.21. The first-order chi connectivity index (χ1) is 8.57. The van der Waals surface area contributed by atoms with Crippen LogP contribution in [0.15, 0.2) is 18.3 Å². The van der Waals surface area contributed by atoms with Gasteiger partial charge in [0.1, 0.15) is 11.4 Å². The minimum Gasteiger partial charge on any atom is -0.398 e. The van der Waals surface area contributed by atoms with Crippen LogP contribution in [0.5, 0.6) is 0 Å². The number of rotatable bonds is 1. The number of nitrogens with zero attached hydrogens (tertiary/aromatic N) is 1. The molecule has 2 heterocycles. The van der Waals surface area contributed by atoms with Crippen molar-refractivity contribution in [3.8, 4) is 0 Å². The highest BCUT2D eigenvalue weighted by atomic mass is 19.1. The van der Waals surface area contributed by atoms with E-state index in [0.29, 0.717) is 0 Å². The van der Waals surface area contributed by atoms with E-state index >= 15 is 0 Å². The highest BCUT2D eigenvalue weighted by Gasteiger charge is 2.53. The van der Waals surface area contributed by atoms with E-state index in [1.807, 2.05) is 27.7 Å². The zero-order valence-electron chi connectivity index (χ0n) is 12.7. The third-order valence-corrected chi connectivity index (χ3v) is 3.11. The fraction of sp³-hybridized carbons (Fsp3) is 0.545. The van der Waals surface area contributed by atoms with Crippen molar-refractivity contribution in [2.45, 2.75) is 38.9 Å². The molecular formula is C11H15BFNO2. The number of hydrogen-bond donors (Lipinski definition) is 0. The van der Waals surface area contributed by atoms with Crippen molar-refractivity contribution in [3.63, 3.8) is 0 Å². The lowest BCUT2D eigenvalue weighted by atomic mass is 9.84. The Morgan fingerprint density at radius 2 is 1.88 bits per heavy atom. The molecule has 0 bridgehead atoms. The average Bonchev–Trinajstić information content (AvgIpc) is 2.50. The number of hydrogen-bond acceptors (Lipinski definition) is 3. The predicted molar refractivity (Wildman–Crippen MR) is 59.9 cm³/mol. The Morgan fingerprint density at radius 3 is 2.44 bits per heavy atom. The average molecular weight is 226 g/mol. The number of aromatic nitrogens is 1. The van der Waals surface area contributed by atoms with Gasteiger partial charge in [0, 0.05) is 6.17 Å². The highest BCUT2D eigenvalue weighted by Crippen LogP contribution is 2.36. The van der Waals surface area contributed by atoms with Crippen LogP contribution in [0.25, 0.3) is 0 Å². The lowest BCUT2D eigenvalue weighted by molar-refractivity contribution is 0.00578. The van der Waals surface area contributed by atoms with Gasteiger partial charge in [0.25, 0.3) is 0 Å². The summed E-state index contributed by atoms with van der Waals surface area (Å²) in [6.07, 6.45) is -0.462. The maximum absolute atomic E-state index is 14.0. The van der Waals surface area contributed by atoms with E-state index in [0.717, 1.165) is 0 Å². The Kier molecular flexibility index (Phi) is 1.81. The number of halogens is 1. The summed E-state index contributed by atoms with van der Waals surface area (Å²) >= 11 is 0. The zero-order chi connectivity index (χ0) is 14.6. The van der Waals surface area contributed by atoms with Crippen molar-refractivity contribution < 1.29 is 17.8 Å². The van der Waals surface area contributed by atoms with Crippen LogP contribution in [0.1, 0.15) is 31.8 Å². The van der Waals surface area contributed by atoms with Gasteiger partial charge in [0.05, 0.1) is 15.3 Å². The van der Waals surface area contributed by atoms with Crippen LogP contribution in [0, 0.1) is 5.82 Å². The van der Waals surface area contributed by atoms with Crippen LogP contribution in [0.4, 0.5) is 4.39 Å². The third kappa shape index (κ3) is 1.74. The molecule has 1 aliphatic rings. The molecule has 5 heteroatoms. The molecule has 0 amide bonds. The predicted octanol–water partition coefficient (Wildman–Crippen LogP) is 1.52. The second-order valence-corrected chi connectivity index (χ2v) is 4.76. The highest BCUT2D eigenvalue weighted by molar-refractivity contribution is 6.61. The molecule has 86 valence electrons. The summed E-state index contributed by atoms with van der Waals surface area (Å²) in [5.74, 6) is -0.973. The summed E-state index contributed by atoms with van der Waals surface area (Å²) in [7, 11) is -1.07. The van der Waals surface area contributed by atoms with Gasteiger partial charge < -0.3 is 9.31 Å². The minimum atomic E-state index is -1.07. The van der Waals surface area contributed by atoms with E-state index in [2.05, 4.69) is 4.98 Å². The molecule has 1 fully saturated rings. The molecule has 0 atom stereocenters. The Labute approximate surface area is 99.3 Å². The van der Waals surface area contributed by atoms with E-state index in [4.69, 9.17) is 13.4 Å². The van der Waals surface area contributed by atoms with E-state index < -0.39 is 42.4 Å². The summed E-state index contributed by atoms with van der Waals surface area (Å²) in [4.78, 5) is 3.68. The van der Waals surface area contributed by atoms with Crippen LogP contribution in [0.3, 0.4) is 0 Å². The molecule has 3 nitrogen and oxygen atoms in total. The van der Waals surface area contributed by atoms with Crippen molar-refractivity contribution >= 4 is 12.7 Å². The molecule has 0 saturated carbocycles. The summed E-state index contributed by atoms with van der Waals surface area (Å²) in [5.41, 5.74) is -1.56. The molecule has 0 radical (unpaired) electrons. The Hall–Kier alpha value is -0.935. The van der Waals surface area contributed by atoms with Gasteiger partial charge in [-0.15, -0.1) is 0 Å². The quantitative estimate of drug-likeness (QED) is 0.680. The van der Waals surface area contributed by atoms with Gasteiger partial charge in [-0.05, 0) is 39.8 Å². The van der Waals surface area contributed by atoms with Crippen molar-refractivity contribution in [1.29, 1.82) is 0 Å². The molecule has 16 heavy (non-hydrogen) atoms. The molecule has 0 N–H and O–H groups in total. The fourth-order valence-electron chi connectivity index (χ4n) is 1.39. The summed E-state index contributed by atoms with van der Waals surface area (Å²) in [5, 5.41) is 0. The first kappa shape index (κ1) is 8.20. The van der Waals surface area contributed by atoms with E-state index in [1.165, 1.54) is 0 Å². The molecule has 0 aromatic carbocycles. The van der Waals surface area contributed by atoms with Crippen LogP contribution in [-0.2, 0) is 9.31 Å². The normalized spacial score (nSPS) is 25.1. The van der Waals surface area contributed by atoms with Crippen LogP contribution in [0.2, 0.25) is 0 Å². The maximum atomic E-state index is 14.0. The second kappa shape index (κ2) is 3.53. The lowest BCUT2D eigenvalue weighted by Crippen LogP contribution is -2.41. The lowest BCUT2D eigenvalue weighted by Gasteiger charge is -2.32. The zero-order valence-corrected chi connectivity index (χ0v) is 9.72. The monoisotopic (exact) mass is 226 g/mol. The molecule has 0 unspecified atom stereocenters. The van der Waals surface area contributed by atoms with Gasteiger partial charge in [-0.1, -0.05) is 0 Å². The topological polar surface area (TPSA) is 31.4 Å². The van der Waals surface area contributed by atoms with Crippen LogP contribution < -0.4 is 5.59 Å². The fourth-order valence-corrected chi connectivity index (χ4v) is 1.39. The van der Waals surface area contributed by atoms with Crippen LogP contribution >= 0.6 is 0 Å². The molecule has 1 aromatic rings. The van der Waals surface area contributed by atoms with Crippen molar-refractivity contribution in [1.82, 2.24) is 4.98 Å². The molecule has 1 aromatic heterocycles. The van der Waals surface area contributed by atoms with Gasteiger partial charge in [0.2, 0.25) is 0 Å². The van der Waals surface area contributed by atoms with Gasteiger partial charge in [-0.25, -0.2) is 4.39 Å². The molecule has 0 aliphatic carbocycles. The number of pyridine rings is 1.